The molecular weight excluding hydrogens is 445 g/mol. The van der Waals surface area contributed by atoms with E-state index in [2.05, 4.69) is 31.2 Å². The minimum atomic E-state index is -0.393. The monoisotopic (exact) mass is 477 g/mol. The van der Waals surface area contributed by atoms with Crippen molar-refractivity contribution >= 4 is 29.4 Å². The molecule has 35 heavy (non-hydrogen) atoms. The Bertz CT molecular complexity index is 1120. The highest BCUT2D eigenvalue weighted by Crippen LogP contribution is 2.26. The van der Waals surface area contributed by atoms with E-state index in [-0.39, 0.29) is 11.9 Å². The van der Waals surface area contributed by atoms with Gasteiger partial charge in [-0.25, -0.2) is 14.2 Å². The van der Waals surface area contributed by atoms with Gasteiger partial charge in [0, 0.05) is 37.1 Å². The number of carbonyl (C=O) groups is 1. The fourth-order valence-electron chi connectivity index (χ4n) is 3.43. The van der Waals surface area contributed by atoms with E-state index in [1.807, 2.05) is 51.4 Å². The molecule has 0 fully saturated rings. The van der Waals surface area contributed by atoms with E-state index < -0.39 is 6.03 Å². The van der Waals surface area contributed by atoms with Crippen LogP contribution >= 0.6 is 0 Å². The van der Waals surface area contributed by atoms with Gasteiger partial charge in [0.2, 0.25) is 0 Å². The average molecular weight is 478 g/mol. The molecule has 0 radical (unpaired) electrons. The Labute approximate surface area is 205 Å². The van der Waals surface area contributed by atoms with Gasteiger partial charge in [-0.3, -0.25) is 5.32 Å². The number of benzene rings is 2. The van der Waals surface area contributed by atoms with E-state index in [0.29, 0.717) is 35.0 Å². The van der Waals surface area contributed by atoms with Crippen molar-refractivity contribution in [1.82, 2.24) is 20.5 Å². The molecule has 2 amide bonds. The van der Waals surface area contributed by atoms with E-state index >= 15 is 0 Å². The molecule has 3 aromatic rings. The van der Waals surface area contributed by atoms with Crippen LogP contribution in [0.15, 0.2) is 60.7 Å². The molecule has 9 heteroatoms. The molecule has 8 nitrogen and oxygen atoms in total. The number of rotatable bonds is 11. The van der Waals surface area contributed by atoms with Crippen LogP contribution < -0.4 is 21.3 Å². The van der Waals surface area contributed by atoms with Crippen molar-refractivity contribution in [2.45, 2.75) is 19.5 Å². The number of carbonyl (C=O) groups excluding carboxylic acids is 1. The molecule has 2 aromatic carbocycles. The SMILES string of the molecule is C[C@@H](NC(=O)Nc1cc(C=N)c(Nc2ccc(F)cc2)c(CNCCN(C)C)n1)c1ccccc1. The number of pyridine rings is 1. The lowest BCUT2D eigenvalue weighted by atomic mass is 10.1. The first-order valence-corrected chi connectivity index (χ1v) is 11.4. The van der Waals surface area contributed by atoms with Crippen LogP contribution in [0.2, 0.25) is 0 Å². The van der Waals surface area contributed by atoms with Gasteiger partial charge < -0.3 is 26.3 Å². The molecule has 1 aromatic heterocycles. The second-order valence-electron chi connectivity index (χ2n) is 8.41. The molecule has 0 aliphatic heterocycles. The van der Waals surface area contributed by atoms with Crippen molar-refractivity contribution in [3.8, 4) is 0 Å². The normalized spacial score (nSPS) is 11.7. The Morgan fingerprint density at radius 2 is 1.86 bits per heavy atom. The molecule has 0 spiro atoms. The molecule has 184 valence electrons. The first-order chi connectivity index (χ1) is 16.9. The summed E-state index contributed by atoms with van der Waals surface area (Å²) in [5, 5.41) is 20.2. The number of amides is 2. The van der Waals surface area contributed by atoms with E-state index in [1.165, 1.54) is 18.3 Å². The van der Waals surface area contributed by atoms with E-state index in [4.69, 9.17) is 5.41 Å². The largest absolute Gasteiger partial charge is 0.353 e. The van der Waals surface area contributed by atoms with Crippen molar-refractivity contribution in [1.29, 1.82) is 5.41 Å². The van der Waals surface area contributed by atoms with Crippen LogP contribution in [0.1, 0.15) is 29.8 Å². The summed E-state index contributed by atoms with van der Waals surface area (Å²) >= 11 is 0. The summed E-state index contributed by atoms with van der Waals surface area (Å²) < 4.78 is 13.4. The van der Waals surface area contributed by atoms with Crippen molar-refractivity contribution in [3.05, 3.63) is 83.3 Å². The van der Waals surface area contributed by atoms with Gasteiger partial charge in [-0.15, -0.1) is 0 Å². The molecule has 0 bridgehead atoms. The number of hydrogen-bond acceptors (Lipinski definition) is 6. The van der Waals surface area contributed by atoms with E-state index in [9.17, 15) is 9.18 Å². The zero-order chi connectivity index (χ0) is 25.2. The lowest BCUT2D eigenvalue weighted by Crippen LogP contribution is -2.32. The van der Waals surface area contributed by atoms with Crippen LogP contribution in [-0.4, -0.2) is 49.3 Å². The second kappa shape index (κ2) is 12.6. The molecule has 1 atom stereocenters. The Hall–Kier alpha value is -3.82. The van der Waals surface area contributed by atoms with Gasteiger partial charge >= 0.3 is 6.03 Å². The fraction of sp³-hybridized carbons (Fsp3) is 0.269. The fourth-order valence-corrected chi connectivity index (χ4v) is 3.43. The standard InChI is InChI=1S/C26H32FN7O/c1-18(19-7-5-4-6-8-19)30-26(35)33-24-15-20(16-28)25(31-22-11-9-21(27)10-12-22)23(32-24)17-29-13-14-34(2)3/h4-12,15-16,18,28-29,31H,13-14,17H2,1-3H3,(H2,30,32,33,35)/t18-/m1/s1. The molecule has 0 saturated carbocycles. The van der Waals surface area contributed by atoms with Gasteiger partial charge in [-0.2, -0.15) is 0 Å². The highest BCUT2D eigenvalue weighted by Gasteiger charge is 2.15. The van der Waals surface area contributed by atoms with Gasteiger partial charge in [-0.1, -0.05) is 30.3 Å². The second-order valence-corrected chi connectivity index (χ2v) is 8.41. The Balaban J connectivity index is 1.81. The molecule has 1 heterocycles. The average Bonchev–Trinajstić information content (AvgIpc) is 2.84. The number of hydrogen-bond donors (Lipinski definition) is 5. The smallest absolute Gasteiger partial charge is 0.320 e. The molecule has 5 N–H and O–H groups in total. The number of nitrogens with one attached hydrogen (secondary N) is 5. The number of anilines is 3. The van der Waals surface area contributed by atoms with Crippen LogP contribution in [0.4, 0.5) is 26.4 Å². The number of likely N-dealkylation sites (N-methyl/N-ethyl adjacent to an activating group) is 1. The van der Waals surface area contributed by atoms with Gasteiger partial charge in [0.15, 0.2) is 0 Å². The summed E-state index contributed by atoms with van der Waals surface area (Å²) in [6, 6.07) is 16.7. The third kappa shape index (κ3) is 7.87. The van der Waals surface area contributed by atoms with Crippen molar-refractivity contribution in [2.24, 2.45) is 0 Å². The molecule has 0 unspecified atom stereocenters. The predicted molar refractivity (Wildman–Crippen MR) is 139 cm³/mol. The van der Waals surface area contributed by atoms with Crippen molar-refractivity contribution in [2.75, 3.05) is 37.8 Å². The summed E-state index contributed by atoms with van der Waals surface area (Å²) in [4.78, 5) is 19.4. The minimum Gasteiger partial charge on any atom is -0.353 e. The number of urea groups is 1. The Kier molecular flexibility index (Phi) is 9.28. The van der Waals surface area contributed by atoms with E-state index in [1.54, 1.807) is 18.2 Å². The van der Waals surface area contributed by atoms with Crippen LogP contribution in [0.25, 0.3) is 0 Å². The quantitative estimate of drug-likeness (QED) is 0.207. The van der Waals surface area contributed by atoms with Gasteiger partial charge in [-0.05, 0) is 56.9 Å². The highest BCUT2D eigenvalue weighted by molar-refractivity contribution is 5.93. The van der Waals surface area contributed by atoms with Crippen LogP contribution in [-0.2, 0) is 6.54 Å². The molecule has 0 saturated heterocycles. The van der Waals surface area contributed by atoms with Crippen molar-refractivity contribution in [3.63, 3.8) is 0 Å². The summed E-state index contributed by atoms with van der Waals surface area (Å²) in [6.07, 6.45) is 1.20. The predicted octanol–water partition coefficient (Wildman–Crippen LogP) is 4.50. The van der Waals surface area contributed by atoms with Crippen LogP contribution in [0.5, 0.6) is 0 Å². The lowest BCUT2D eigenvalue weighted by molar-refractivity contribution is 0.249. The van der Waals surface area contributed by atoms with E-state index in [0.717, 1.165) is 18.7 Å². The summed E-state index contributed by atoms with van der Waals surface area (Å²) in [7, 11) is 3.99. The minimum absolute atomic E-state index is 0.190. The van der Waals surface area contributed by atoms with Gasteiger partial charge in [0.05, 0.1) is 17.4 Å². The zero-order valence-electron chi connectivity index (χ0n) is 20.2. The van der Waals surface area contributed by atoms with Gasteiger partial charge in [0.1, 0.15) is 11.6 Å². The first kappa shape index (κ1) is 25.8. The molecule has 0 aliphatic carbocycles. The molecule has 3 rings (SSSR count). The summed E-state index contributed by atoms with van der Waals surface area (Å²) in [5.74, 6) is -0.00264. The zero-order valence-corrected chi connectivity index (χ0v) is 20.2. The first-order valence-electron chi connectivity index (χ1n) is 11.4. The number of halogens is 1. The maximum atomic E-state index is 13.4. The third-order valence-corrected chi connectivity index (χ3v) is 5.31. The molecule has 0 aliphatic rings. The summed E-state index contributed by atoms with van der Waals surface area (Å²) in [5.41, 5.74) is 3.44. The molecular formula is C26H32FN7O. The highest BCUT2D eigenvalue weighted by atomic mass is 19.1. The lowest BCUT2D eigenvalue weighted by Gasteiger charge is -2.19. The summed E-state index contributed by atoms with van der Waals surface area (Å²) in [6.45, 7) is 3.89. The number of nitrogens with zero attached hydrogens (tertiary/aromatic N) is 2. The topological polar surface area (TPSA) is 105 Å². The third-order valence-electron chi connectivity index (χ3n) is 5.31. The maximum Gasteiger partial charge on any atom is 0.320 e. The van der Waals surface area contributed by atoms with Crippen LogP contribution in [0.3, 0.4) is 0 Å². The van der Waals surface area contributed by atoms with Crippen LogP contribution in [0, 0.1) is 11.2 Å². The van der Waals surface area contributed by atoms with Crippen molar-refractivity contribution < 1.29 is 9.18 Å². The Morgan fingerprint density at radius 1 is 1.14 bits per heavy atom. The van der Waals surface area contributed by atoms with Gasteiger partial charge in [0.25, 0.3) is 0 Å². The Morgan fingerprint density at radius 3 is 2.51 bits per heavy atom. The number of aromatic nitrogens is 1. The maximum absolute atomic E-state index is 13.4.